The standard InChI is InChI=1S/C20H13N3O5/c1-27-15-6-10-9-4-2-3-5-13(9)28-14(10)8-12(15)23-16(24)7-11-17(18(23)21)20(26)22-19(11)25/h2-8H,21H2,1H3,(H,22,25,26). The number of nitrogens with one attached hydrogen (secondary N) is 1. The van der Waals surface area contributed by atoms with Gasteiger partial charge in [0.2, 0.25) is 0 Å². The molecule has 0 saturated carbocycles. The van der Waals surface area contributed by atoms with E-state index in [1.54, 1.807) is 12.1 Å². The SMILES string of the molecule is COc1cc2c(cc1-n1c(N)c3c(cc1=O)C(=O)NC3=O)oc1ccccc12. The highest BCUT2D eigenvalue weighted by atomic mass is 16.5. The molecule has 4 aromatic rings. The number of carbonyl (C=O) groups excluding carboxylic acids is 2. The molecule has 1 aliphatic rings. The van der Waals surface area contributed by atoms with Gasteiger partial charge in [0.25, 0.3) is 17.4 Å². The summed E-state index contributed by atoms with van der Waals surface area (Å²) in [5.74, 6) is -1.05. The van der Waals surface area contributed by atoms with E-state index in [4.69, 9.17) is 14.9 Å². The summed E-state index contributed by atoms with van der Waals surface area (Å²) in [5.41, 5.74) is 7.03. The van der Waals surface area contributed by atoms with E-state index in [0.717, 1.165) is 21.4 Å². The van der Waals surface area contributed by atoms with E-state index < -0.39 is 17.4 Å². The van der Waals surface area contributed by atoms with Gasteiger partial charge in [-0.05, 0) is 12.1 Å². The van der Waals surface area contributed by atoms with E-state index in [1.807, 2.05) is 24.3 Å². The second kappa shape index (κ2) is 5.46. The zero-order chi connectivity index (χ0) is 19.6. The molecule has 8 nitrogen and oxygen atoms in total. The number of amides is 2. The van der Waals surface area contributed by atoms with Gasteiger partial charge in [-0.3, -0.25) is 24.3 Å². The molecule has 2 amide bonds. The maximum absolute atomic E-state index is 12.7. The lowest BCUT2D eigenvalue weighted by atomic mass is 10.1. The molecule has 0 aliphatic carbocycles. The summed E-state index contributed by atoms with van der Waals surface area (Å²) < 4.78 is 12.5. The number of fused-ring (bicyclic) bond motifs is 4. The second-order valence-electron chi connectivity index (χ2n) is 6.39. The van der Waals surface area contributed by atoms with Gasteiger partial charge in [-0.25, -0.2) is 0 Å². The number of furan rings is 1. The van der Waals surface area contributed by atoms with Gasteiger partial charge in [-0.15, -0.1) is 0 Å². The zero-order valence-corrected chi connectivity index (χ0v) is 14.6. The molecular formula is C20H13N3O5. The highest BCUT2D eigenvalue weighted by molar-refractivity contribution is 6.23. The number of benzene rings is 2. The number of nitrogens with two attached hydrogens (primary N) is 1. The summed E-state index contributed by atoms with van der Waals surface area (Å²) in [5, 5.41) is 3.87. The summed E-state index contributed by atoms with van der Waals surface area (Å²) in [6.45, 7) is 0. The number of aromatic nitrogens is 1. The van der Waals surface area contributed by atoms with Crippen LogP contribution in [0.1, 0.15) is 20.7 Å². The molecule has 0 saturated heterocycles. The highest BCUT2D eigenvalue weighted by Gasteiger charge is 2.32. The third-order valence-electron chi connectivity index (χ3n) is 4.87. The van der Waals surface area contributed by atoms with Crippen molar-refractivity contribution in [2.24, 2.45) is 0 Å². The summed E-state index contributed by atoms with van der Waals surface area (Å²) in [7, 11) is 1.47. The minimum atomic E-state index is -0.643. The number of nitrogens with zero attached hydrogens (tertiary/aromatic N) is 1. The predicted molar refractivity (Wildman–Crippen MR) is 102 cm³/mol. The average molecular weight is 375 g/mol. The normalized spacial score (nSPS) is 13.2. The fraction of sp³-hybridized carbons (Fsp3) is 0.0500. The minimum absolute atomic E-state index is 0.0312. The van der Waals surface area contributed by atoms with E-state index in [1.165, 1.54) is 7.11 Å². The number of ether oxygens (including phenoxy) is 1. The molecule has 0 fully saturated rings. The van der Waals surface area contributed by atoms with Crippen molar-refractivity contribution in [3.05, 3.63) is 63.9 Å². The van der Waals surface area contributed by atoms with Crippen LogP contribution in [-0.4, -0.2) is 23.5 Å². The number of carbonyl (C=O) groups is 2. The molecule has 0 bridgehead atoms. The Morgan fingerprint density at radius 3 is 2.57 bits per heavy atom. The van der Waals surface area contributed by atoms with Gasteiger partial charge in [0.15, 0.2) is 0 Å². The van der Waals surface area contributed by atoms with Gasteiger partial charge in [0.05, 0.1) is 23.9 Å². The molecule has 2 aromatic heterocycles. The van der Waals surface area contributed by atoms with Crippen molar-refractivity contribution in [1.29, 1.82) is 0 Å². The smallest absolute Gasteiger partial charge is 0.262 e. The number of hydrogen-bond acceptors (Lipinski definition) is 6. The Hall–Kier alpha value is -4.07. The molecule has 0 radical (unpaired) electrons. The van der Waals surface area contributed by atoms with Crippen molar-refractivity contribution in [1.82, 2.24) is 9.88 Å². The lowest BCUT2D eigenvalue weighted by Gasteiger charge is -2.15. The molecule has 28 heavy (non-hydrogen) atoms. The molecule has 0 atom stereocenters. The number of anilines is 1. The topological polar surface area (TPSA) is 117 Å². The Kier molecular flexibility index (Phi) is 3.15. The van der Waals surface area contributed by atoms with E-state index in [-0.39, 0.29) is 16.9 Å². The number of imide groups is 1. The van der Waals surface area contributed by atoms with Crippen LogP contribution in [0.15, 0.2) is 51.7 Å². The lowest BCUT2D eigenvalue weighted by Crippen LogP contribution is -2.24. The summed E-state index contributed by atoms with van der Waals surface area (Å²) in [6.07, 6.45) is 0. The molecule has 0 unspecified atom stereocenters. The molecular weight excluding hydrogens is 362 g/mol. The lowest BCUT2D eigenvalue weighted by molar-refractivity contribution is 0.0880. The van der Waals surface area contributed by atoms with Crippen LogP contribution in [-0.2, 0) is 0 Å². The number of rotatable bonds is 2. The molecule has 0 spiro atoms. The van der Waals surface area contributed by atoms with Crippen LogP contribution in [0.25, 0.3) is 27.6 Å². The first-order chi connectivity index (χ1) is 13.5. The van der Waals surface area contributed by atoms with E-state index in [2.05, 4.69) is 5.32 Å². The maximum atomic E-state index is 12.7. The van der Waals surface area contributed by atoms with Gasteiger partial charge >= 0.3 is 0 Å². The van der Waals surface area contributed by atoms with Crippen molar-refractivity contribution in [3.8, 4) is 11.4 Å². The monoisotopic (exact) mass is 375 g/mol. The van der Waals surface area contributed by atoms with E-state index in [0.29, 0.717) is 22.6 Å². The Balaban J connectivity index is 1.86. The highest BCUT2D eigenvalue weighted by Crippen LogP contribution is 2.36. The first kappa shape index (κ1) is 16.1. The van der Waals surface area contributed by atoms with Crippen LogP contribution in [0.4, 0.5) is 5.82 Å². The molecule has 3 N–H and O–H groups in total. The number of nitrogen functional groups attached to an aromatic ring is 1. The van der Waals surface area contributed by atoms with Crippen molar-refractivity contribution in [2.45, 2.75) is 0 Å². The first-order valence-electron chi connectivity index (χ1n) is 8.40. The average Bonchev–Trinajstić information content (AvgIpc) is 3.17. The number of methoxy groups -OCH3 is 1. The molecule has 8 heteroatoms. The molecule has 138 valence electrons. The second-order valence-corrected chi connectivity index (χ2v) is 6.39. The fourth-order valence-corrected chi connectivity index (χ4v) is 3.61. The third-order valence-corrected chi connectivity index (χ3v) is 4.87. The quantitative estimate of drug-likeness (QED) is 0.519. The fourth-order valence-electron chi connectivity index (χ4n) is 3.61. The Labute approximate surface area is 157 Å². The largest absolute Gasteiger partial charge is 0.495 e. The van der Waals surface area contributed by atoms with Crippen molar-refractivity contribution < 1.29 is 18.7 Å². The van der Waals surface area contributed by atoms with Crippen molar-refractivity contribution >= 4 is 39.6 Å². The van der Waals surface area contributed by atoms with Crippen LogP contribution >= 0.6 is 0 Å². The Bertz CT molecular complexity index is 1400. The molecule has 1 aliphatic heterocycles. The van der Waals surface area contributed by atoms with Crippen LogP contribution < -0.4 is 21.3 Å². The number of pyridine rings is 1. The van der Waals surface area contributed by atoms with Crippen molar-refractivity contribution in [3.63, 3.8) is 0 Å². The third kappa shape index (κ3) is 2.02. The minimum Gasteiger partial charge on any atom is -0.495 e. The van der Waals surface area contributed by atoms with Gasteiger partial charge in [-0.1, -0.05) is 18.2 Å². The van der Waals surface area contributed by atoms with Gasteiger partial charge in [0, 0.05) is 22.9 Å². The maximum Gasteiger partial charge on any atom is 0.262 e. The molecule has 3 heterocycles. The number of para-hydroxylation sites is 1. The number of hydrogen-bond donors (Lipinski definition) is 2. The van der Waals surface area contributed by atoms with E-state index in [9.17, 15) is 14.4 Å². The van der Waals surface area contributed by atoms with Gasteiger partial charge < -0.3 is 14.9 Å². The van der Waals surface area contributed by atoms with Crippen LogP contribution in [0, 0.1) is 0 Å². The Morgan fingerprint density at radius 2 is 1.79 bits per heavy atom. The zero-order valence-electron chi connectivity index (χ0n) is 14.6. The van der Waals surface area contributed by atoms with Crippen LogP contribution in [0.3, 0.4) is 0 Å². The summed E-state index contributed by atoms with van der Waals surface area (Å²) in [6, 6.07) is 12.0. The van der Waals surface area contributed by atoms with Gasteiger partial charge in [-0.2, -0.15) is 0 Å². The first-order valence-corrected chi connectivity index (χ1v) is 8.40. The van der Waals surface area contributed by atoms with Crippen LogP contribution in [0.2, 0.25) is 0 Å². The van der Waals surface area contributed by atoms with E-state index >= 15 is 0 Å². The summed E-state index contributed by atoms with van der Waals surface area (Å²) >= 11 is 0. The van der Waals surface area contributed by atoms with Gasteiger partial charge in [0.1, 0.15) is 22.7 Å². The molecule has 5 rings (SSSR count). The van der Waals surface area contributed by atoms with Crippen LogP contribution in [0.5, 0.6) is 5.75 Å². The van der Waals surface area contributed by atoms with Crippen molar-refractivity contribution in [2.75, 3.05) is 12.8 Å². The molecule has 2 aromatic carbocycles. The summed E-state index contributed by atoms with van der Waals surface area (Å²) in [4.78, 5) is 36.7. The Morgan fingerprint density at radius 1 is 1.00 bits per heavy atom. The predicted octanol–water partition coefficient (Wildman–Crippen LogP) is 2.21.